The molecule has 2 amide bonds. The number of Topliss-reactive ketones (excluding diaryl/α,β-unsaturated/α-hetero) is 1. The zero-order valence-electron chi connectivity index (χ0n) is 24.2. The molecule has 0 bridgehead atoms. The van der Waals surface area contributed by atoms with E-state index in [4.69, 9.17) is 5.73 Å². The maximum Gasteiger partial charge on any atom is 0.246 e. The molecule has 0 saturated carbocycles. The third-order valence-corrected chi connectivity index (χ3v) is 7.91. The third-order valence-electron chi connectivity index (χ3n) is 7.91. The SMILES string of the molecule is CC(=O)c1ccc(CN(C(=O)[C@@H]2Cc3ccccc3CN2C(=O)[C@@H](N)C(C)(C)C)[C@H](C)c2cccc(F)c2F)cc1. The molecule has 1 heterocycles. The maximum absolute atomic E-state index is 15.0. The Morgan fingerprint density at radius 3 is 2.22 bits per heavy atom. The molecule has 4 rings (SSSR count). The van der Waals surface area contributed by atoms with Crippen LogP contribution in [0.2, 0.25) is 0 Å². The molecule has 3 atom stereocenters. The van der Waals surface area contributed by atoms with E-state index in [1.54, 1.807) is 31.2 Å². The van der Waals surface area contributed by atoms with E-state index >= 15 is 4.39 Å². The number of hydrogen-bond donors (Lipinski definition) is 1. The molecule has 41 heavy (non-hydrogen) atoms. The monoisotopic (exact) mass is 561 g/mol. The third kappa shape index (κ3) is 6.38. The summed E-state index contributed by atoms with van der Waals surface area (Å²) >= 11 is 0. The summed E-state index contributed by atoms with van der Waals surface area (Å²) in [6.07, 6.45) is 0.260. The second-order valence-corrected chi connectivity index (χ2v) is 11.8. The molecule has 2 N–H and O–H groups in total. The molecule has 8 heteroatoms. The summed E-state index contributed by atoms with van der Waals surface area (Å²) in [5, 5.41) is 0. The first-order valence-corrected chi connectivity index (χ1v) is 13.8. The lowest BCUT2D eigenvalue weighted by molar-refractivity contribution is -0.151. The van der Waals surface area contributed by atoms with E-state index in [2.05, 4.69) is 0 Å². The minimum absolute atomic E-state index is 0.0270. The second-order valence-electron chi connectivity index (χ2n) is 11.8. The van der Waals surface area contributed by atoms with Crippen LogP contribution in [-0.4, -0.2) is 39.5 Å². The molecule has 0 aromatic heterocycles. The van der Waals surface area contributed by atoms with Crippen molar-refractivity contribution in [1.82, 2.24) is 9.80 Å². The molecule has 0 unspecified atom stereocenters. The van der Waals surface area contributed by atoms with Crippen molar-refractivity contribution >= 4 is 17.6 Å². The van der Waals surface area contributed by atoms with Gasteiger partial charge < -0.3 is 15.5 Å². The lowest BCUT2D eigenvalue weighted by Crippen LogP contribution is -2.59. The van der Waals surface area contributed by atoms with E-state index in [9.17, 15) is 18.8 Å². The predicted octanol–water partition coefficient (Wildman–Crippen LogP) is 5.58. The standard InChI is InChI=1S/C33H37F2N3O3/c1-20(26-11-8-12-27(34)29(26)35)37(18-22-13-15-23(16-14-22)21(2)39)31(40)28-17-24-9-6-7-10-25(24)19-38(28)32(41)30(36)33(3,4)5/h6-16,20,28,30H,17-19,36H2,1-5H3/t20-,28+,30-/m1/s1. The Morgan fingerprint density at radius 1 is 0.976 bits per heavy atom. The minimum Gasteiger partial charge on any atom is -0.330 e. The van der Waals surface area contributed by atoms with Gasteiger partial charge in [-0.25, -0.2) is 8.78 Å². The van der Waals surface area contributed by atoms with Crippen molar-refractivity contribution < 1.29 is 23.2 Å². The zero-order valence-corrected chi connectivity index (χ0v) is 24.2. The van der Waals surface area contributed by atoms with E-state index in [1.165, 1.54) is 28.9 Å². The molecule has 0 spiro atoms. The van der Waals surface area contributed by atoms with Crippen molar-refractivity contribution in [3.05, 3.63) is 106 Å². The van der Waals surface area contributed by atoms with Crippen LogP contribution < -0.4 is 5.73 Å². The Labute approximate surface area is 240 Å². The normalized spacial score (nSPS) is 16.5. The smallest absolute Gasteiger partial charge is 0.246 e. The molecule has 0 fully saturated rings. The Bertz CT molecular complexity index is 1450. The molecular weight excluding hydrogens is 524 g/mol. The highest BCUT2D eigenvalue weighted by Crippen LogP contribution is 2.32. The molecule has 216 valence electrons. The lowest BCUT2D eigenvalue weighted by Gasteiger charge is -2.42. The molecular formula is C33H37F2N3O3. The first-order chi connectivity index (χ1) is 19.3. The van der Waals surface area contributed by atoms with Gasteiger partial charge in [-0.1, -0.05) is 81.4 Å². The van der Waals surface area contributed by atoms with Gasteiger partial charge in [0.2, 0.25) is 11.8 Å². The Morgan fingerprint density at radius 2 is 1.61 bits per heavy atom. The van der Waals surface area contributed by atoms with Crippen molar-refractivity contribution in [2.24, 2.45) is 11.1 Å². The Hall–Kier alpha value is -3.91. The number of nitrogens with zero attached hydrogens (tertiary/aromatic N) is 2. The summed E-state index contributed by atoms with van der Waals surface area (Å²) in [6.45, 7) is 8.99. The number of rotatable bonds is 7. The molecule has 1 aliphatic rings. The molecule has 3 aromatic rings. The molecule has 1 aliphatic heterocycles. The van der Waals surface area contributed by atoms with Gasteiger partial charge in [-0.3, -0.25) is 14.4 Å². The molecule has 0 aliphatic carbocycles. The summed E-state index contributed by atoms with van der Waals surface area (Å²) in [7, 11) is 0. The van der Waals surface area contributed by atoms with E-state index < -0.39 is 41.1 Å². The fourth-order valence-electron chi connectivity index (χ4n) is 5.17. The van der Waals surface area contributed by atoms with Crippen molar-refractivity contribution in [2.45, 2.75) is 72.3 Å². The second kappa shape index (κ2) is 11.9. The quantitative estimate of drug-likeness (QED) is 0.382. The lowest BCUT2D eigenvalue weighted by atomic mass is 9.84. The van der Waals surface area contributed by atoms with Gasteiger partial charge in [-0.05, 0) is 42.0 Å². The van der Waals surface area contributed by atoms with Crippen molar-refractivity contribution in [3.8, 4) is 0 Å². The van der Waals surface area contributed by atoms with Gasteiger partial charge in [0.05, 0.1) is 12.1 Å². The first kappa shape index (κ1) is 30.1. The highest BCUT2D eigenvalue weighted by molar-refractivity contribution is 5.94. The average molecular weight is 562 g/mol. The highest BCUT2D eigenvalue weighted by Gasteiger charge is 2.42. The van der Waals surface area contributed by atoms with Crippen LogP contribution in [0.4, 0.5) is 8.78 Å². The topological polar surface area (TPSA) is 83.7 Å². The van der Waals surface area contributed by atoms with Crippen LogP contribution in [-0.2, 0) is 29.1 Å². The van der Waals surface area contributed by atoms with Gasteiger partial charge in [-0.2, -0.15) is 0 Å². The fraction of sp³-hybridized carbons (Fsp3) is 0.364. The van der Waals surface area contributed by atoms with Crippen LogP contribution in [0.3, 0.4) is 0 Å². The van der Waals surface area contributed by atoms with E-state index in [-0.39, 0.29) is 36.8 Å². The number of carbonyl (C=O) groups excluding carboxylic acids is 3. The van der Waals surface area contributed by atoms with Gasteiger partial charge in [0.15, 0.2) is 17.4 Å². The summed E-state index contributed by atoms with van der Waals surface area (Å²) in [5.41, 5.74) is 8.98. The number of hydrogen-bond acceptors (Lipinski definition) is 4. The number of fused-ring (bicyclic) bond motifs is 1. The Kier molecular flexibility index (Phi) is 8.73. The largest absolute Gasteiger partial charge is 0.330 e. The number of amides is 2. The van der Waals surface area contributed by atoms with Crippen LogP contribution >= 0.6 is 0 Å². The molecule has 6 nitrogen and oxygen atoms in total. The van der Waals surface area contributed by atoms with Gasteiger partial charge in [-0.15, -0.1) is 0 Å². The zero-order chi connectivity index (χ0) is 30.1. The van der Waals surface area contributed by atoms with Crippen LogP contribution in [0.15, 0.2) is 66.7 Å². The maximum atomic E-state index is 15.0. The number of carbonyl (C=O) groups is 3. The van der Waals surface area contributed by atoms with Crippen molar-refractivity contribution in [1.29, 1.82) is 0 Å². The minimum atomic E-state index is -1.03. The van der Waals surface area contributed by atoms with Gasteiger partial charge in [0.25, 0.3) is 0 Å². The summed E-state index contributed by atoms with van der Waals surface area (Å²) in [6, 6.07) is 15.7. The number of nitrogens with two attached hydrogens (primary N) is 1. The summed E-state index contributed by atoms with van der Waals surface area (Å²) in [4.78, 5) is 43.1. The van der Waals surface area contributed by atoms with Gasteiger partial charge in [0.1, 0.15) is 6.04 Å². The van der Waals surface area contributed by atoms with E-state index in [0.29, 0.717) is 11.1 Å². The highest BCUT2D eigenvalue weighted by atomic mass is 19.2. The summed E-state index contributed by atoms with van der Waals surface area (Å²) in [5.74, 6) is -2.88. The number of ketones is 1. The van der Waals surface area contributed by atoms with Crippen molar-refractivity contribution in [2.75, 3.05) is 0 Å². The number of halogens is 2. The van der Waals surface area contributed by atoms with Crippen LogP contribution in [0, 0.1) is 17.0 Å². The molecule has 3 aromatic carbocycles. The van der Waals surface area contributed by atoms with Crippen molar-refractivity contribution in [3.63, 3.8) is 0 Å². The molecule has 0 radical (unpaired) electrons. The number of benzene rings is 3. The van der Waals surface area contributed by atoms with Gasteiger partial charge >= 0.3 is 0 Å². The van der Waals surface area contributed by atoms with E-state index in [1.807, 2.05) is 45.0 Å². The molecule has 0 saturated heterocycles. The van der Waals surface area contributed by atoms with Crippen LogP contribution in [0.1, 0.15) is 73.3 Å². The average Bonchev–Trinajstić information content (AvgIpc) is 2.95. The first-order valence-electron chi connectivity index (χ1n) is 13.8. The van der Waals surface area contributed by atoms with E-state index in [0.717, 1.165) is 17.2 Å². The summed E-state index contributed by atoms with van der Waals surface area (Å²) < 4.78 is 29.3. The Balaban J connectivity index is 1.78. The van der Waals surface area contributed by atoms with Crippen LogP contribution in [0.5, 0.6) is 0 Å². The predicted molar refractivity (Wildman–Crippen MR) is 154 cm³/mol. The fourth-order valence-corrected chi connectivity index (χ4v) is 5.17. The van der Waals surface area contributed by atoms with Crippen LogP contribution in [0.25, 0.3) is 0 Å². The van der Waals surface area contributed by atoms with Gasteiger partial charge in [0, 0.05) is 30.6 Å².